The van der Waals surface area contributed by atoms with Gasteiger partial charge in [-0.25, -0.2) is 0 Å². The molecule has 0 aliphatic heterocycles. The summed E-state index contributed by atoms with van der Waals surface area (Å²) in [6.07, 6.45) is 8.90. The highest BCUT2D eigenvalue weighted by molar-refractivity contribution is 5.11. The van der Waals surface area contributed by atoms with Crippen LogP contribution in [0.5, 0.6) is 0 Å². The lowest BCUT2D eigenvalue weighted by molar-refractivity contribution is -0.0356. The maximum atomic E-state index is 5.73. The van der Waals surface area contributed by atoms with Gasteiger partial charge in [0.15, 0.2) is 0 Å². The highest BCUT2D eigenvalue weighted by Gasteiger charge is 2.41. The van der Waals surface area contributed by atoms with Crippen molar-refractivity contribution in [2.75, 3.05) is 7.11 Å². The first-order valence-electron chi connectivity index (χ1n) is 5.83. The van der Waals surface area contributed by atoms with Crippen LogP contribution in [0.2, 0.25) is 0 Å². The van der Waals surface area contributed by atoms with Crippen LogP contribution in [0.1, 0.15) is 31.2 Å². The van der Waals surface area contributed by atoms with Crippen molar-refractivity contribution in [2.24, 2.45) is 5.84 Å². The van der Waals surface area contributed by atoms with Crippen LogP contribution in [0.4, 0.5) is 0 Å². The van der Waals surface area contributed by atoms with E-state index in [4.69, 9.17) is 15.0 Å². The molecule has 0 bridgehead atoms. The summed E-state index contributed by atoms with van der Waals surface area (Å²) >= 11 is 0. The molecule has 1 aliphatic rings. The molecular formula is C12H20N2O2. The van der Waals surface area contributed by atoms with E-state index in [1.165, 1.54) is 12.8 Å². The third kappa shape index (κ3) is 2.14. The van der Waals surface area contributed by atoms with Gasteiger partial charge in [-0.3, -0.25) is 11.3 Å². The fourth-order valence-corrected chi connectivity index (χ4v) is 2.71. The van der Waals surface area contributed by atoms with Gasteiger partial charge >= 0.3 is 0 Å². The fourth-order valence-electron chi connectivity index (χ4n) is 2.71. The summed E-state index contributed by atoms with van der Waals surface area (Å²) in [7, 11) is 1.78. The van der Waals surface area contributed by atoms with Gasteiger partial charge in [0.2, 0.25) is 0 Å². The quantitative estimate of drug-likeness (QED) is 0.589. The van der Waals surface area contributed by atoms with Gasteiger partial charge in [-0.05, 0) is 30.9 Å². The number of ether oxygens (including phenoxy) is 1. The van der Waals surface area contributed by atoms with E-state index in [1.54, 1.807) is 19.6 Å². The monoisotopic (exact) mass is 224 g/mol. The lowest BCUT2D eigenvalue weighted by Gasteiger charge is -2.35. The number of hydrogen-bond donors (Lipinski definition) is 2. The molecular weight excluding hydrogens is 204 g/mol. The van der Waals surface area contributed by atoms with Gasteiger partial charge in [0.05, 0.1) is 24.2 Å². The van der Waals surface area contributed by atoms with Crippen LogP contribution < -0.4 is 11.3 Å². The van der Waals surface area contributed by atoms with Crippen molar-refractivity contribution < 1.29 is 9.15 Å². The van der Waals surface area contributed by atoms with Crippen LogP contribution in [0.25, 0.3) is 0 Å². The van der Waals surface area contributed by atoms with Gasteiger partial charge in [0.25, 0.3) is 0 Å². The number of furan rings is 1. The first kappa shape index (κ1) is 11.6. The van der Waals surface area contributed by atoms with Crippen LogP contribution in [-0.4, -0.2) is 18.8 Å². The van der Waals surface area contributed by atoms with E-state index in [0.29, 0.717) is 0 Å². The average molecular weight is 224 g/mol. The van der Waals surface area contributed by atoms with Crippen LogP contribution in [0.3, 0.4) is 0 Å². The van der Waals surface area contributed by atoms with Crippen molar-refractivity contribution in [1.82, 2.24) is 5.43 Å². The fraction of sp³-hybridized carbons (Fsp3) is 0.667. The zero-order chi connectivity index (χ0) is 11.4. The van der Waals surface area contributed by atoms with Gasteiger partial charge in [0, 0.05) is 7.11 Å². The zero-order valence-electron chi connectivity index (χ0n) is 9.74. The summed E-state index contributed by atoms with van der Waals surface area (Å²) in [5, 5.41) is 0. The van der Waals surface area contributed by atoms with Gasteiger partial charge in [-0.15, -0.1) is 0 Å². The predicted octanol–water partition coefficient (Wildman–Crippen LogP) is 1.61. The average Bonchev–Trinajstić information content (AvgIpc) is 2.97. The normalized spacial score (nSPS) is 21.1. The van der Waals surface area contributed by atoms with Crippen LogP contribution in [0, 0.1) is 0 Å². The second kappa shape index (κ2) is 4.99. The summed E-state index contributed by atoms with van der Waals surface area (Å²) in [4.78, 5) is 0. The Balaban J connectivity index is 2.08. The molecule has 0 spiro atoms. The lowest BCUT2D eigenvalue weighted by Crippen LogP contribution is -2.54. The van der Waals surface area contributed by atoms with Crippen LogP contribution >= 0.6 is 0 Å². The third-order valence-corrected chi connectivity index (χ3v) is 3.71. The molecule has 1 fully saturated rings. The van der Waals surface area contributed by atoms with Gasteiger partial charge in [-0.1, -0.05) is 12.8 Å². The van der Waals surface area contributed by atoms with Crippen LogP contribution in [-0.2, 0) is 11.2 Å². The number of methoxy groups -OCH3 is 1. The lowest BCUT2D eigenvalue weighted by atomic mass is 9.88. The molecule has 0 aromatic carbocycles. The molecule has 0 saturated heterocycles. The van der Waals surface area contributed by atoms with E-state index in [1.807, 2.05) is 6.07 Å². The smallest absolute Gasteiger partial charge is 0.0935 e. The summed E-state index contributed by atoms with van der Waals surface area (Å²) in [6, 6.07) is 2.13. The van der Waals surface area contributed by atoms with Crippen molar-refractivity contribution in [3.8, 4) is 0 Å². The molecule has 2 rings (SSSR count). The number of nitrogens with two attached hydrogens (primary N) is 1. The standard InChI is InChI=1S/C12H20N2O2/c1-15-12(5-2-3-6-12)11(14-13)8-10-4-7-16-9-10/h4,7,9,11,14H,2-3,5-6,8,13H2,1H3. The molecule has 4 nitrogen and oxygen atoms in total. The minimum absolute atomic E-state index is 0.105. The van der Waals surface area contributed by atoms with Gasteiger partial charge in [-0.2, -0.15) is 0 Å². The van der Waals surface area contributed by atoms with Crippen molar-refractivity contribution >= 4 is 0 Å². The SMILES string of the molecule is COC1(C(Cc2ccoc2)NN)CCCC1. The Bertz CT molecular complexity index is 305. The van der Waals surface area contributed by atoms with E-state index in [-0.39, 0.29) is 11.6 Å². The minimum atomic E-state index is -0.105. The number of nitrogens with one attached hydrogen (secondary N) is 1. The Morgan fingerprint density at radius 3 is 2.81 bits per heavy atom. The van der Waals surface area contributed by atoms with Crippen molar-refractivity contribution in [3.05, 3.63) is 24.2 Å². The molecule has 1 unspecified atom stereocenters. The maximum Gasteiger partial charge on any atom is 0.0935 e. The Labute approximate surface area is 96.1 Å². The summed E-state index contributed by atoms with van der Waals surface area (Å²) < 4.78 is 10.8. The summed E-state index contributed by atoms with van der Waals surface area (Å²) in [5.74, 6) is 5.67. The number of hydrazine groups is 1. The number of rotatable bonds is 5. The molecule has 1 aromatic rings. The van der Waals surface area contributed by atoms with E-state index in [9.17, 15) is 0 Å². The van der Waals surface area contributed by atoms with Crippen molar-refractivity contribution in [3.63, 3.8) is 0 Å². The molecule has 1 atom stereocenters. The number of hydrogen-bond acceptors (Lipinski definition) is 4. The highest BCUT2D eigenvalue weighted by Crippen LogP contribution is 2.36. The second-order valence-corrected chi connectivity index (χ2v) is 4.53. The second-order valence-electron chi connectivity index (χ2n) is 4.53. The summed E-state index contributed by atoms with van der Waals surface area (Å²) in [6.45, 7) is 0. The Kier molecular flexibility index (Phi) is 3.63. The molecule has 1 heterocycles. The summed E-state index contributed by atoms with van der Waals surface area (Å²) in [5.41, 5.74) is 3.96. The molecule has 3 N–H and O–H groups in total. The first-order valence-corrected chi connectivity index (χ1v) is 5.83. The highest BCUT2D eigenvalue weighted by atomic mass is 16.5. The van der Waals surface area contributed by atoms with E-state index in [2.05, 4.69) is 5.43 Å². The first-order chi connectivity index (χ1) is 7.80. The topological polar surface area (TPSA) is 60.4 Å². The van der Waals surface area contributed by atoms with Crippen molar-refractivity contribution in [2.45, 2.75) is 43.7 Å². The molecule has 1 aromatic heterocycles. The maximum absolute atomic E-state index is 5.73. The van der Waals surface area contributed by atoms with Crippen LogP contribution in [0.15, 0.2) is 23.0 Å². The largest absolute Gasteiger partial charge is 0.472 e. The van der Waals surface area contributed by atoms with Gasteiger partial charge in [0.1, 0.15) is 0 Å². The Morgan fingerprint density at radius 1 is 1.56 bits per heavy atom. The van der Waals surface area contributed by atoms with Crippen molar-refractivity contribution in [1.29, 1.82) is 0 Å². The van der Waals surface area contributed by atoms with E-state index < -0.39 is 0 Å². The molecule has 4 heteroatoms. The third-order valence-electron chi connectivity index (χ3n) is 3.71. The van der Waals surface area contributed by atoms with E-state index in [0.717, 1.165) is 24.8 Å². The minimum Gasteiger partial charge on any atom is -0.472 e. The molecule has 1 aliphatic carbocycles. The van der Waals surface area contributed by atoms with Gasteiger partial charge < -0.3 is 9.15 Å². The molecule has 0 radical (unpaired) electrons. The Morgan fingerprint density at radius 2 is 2.31 bits per heavy atom. The zero-order valence-corrected chi connectivity index (χ0v) is 9.74. The molecule has 90 valence electrons. The predicted molar refractivity (Wildman–Crippen MR) is 61.7 cm³/mol. The molecule has 0 amide bonds. The molecule has 16 heavy (non-hydrogen) atoms. The Hall–Kier alpha value is -0.840. The molecule has 1 saturated carbocycles. The van der Waals surface area contributed by atoms with E-state index >= 15 is 0 Å².